The molecule has 0 heterocycles. The van der Waals surface area contributed by atoms with E-state index in [1.165, 1.54) is 6.47 Å². The summed E-state index contributed by atoms with van der Waals surface area (Å²) in [5.41, 5.74) is 0.275. The van der Waals surface area contributed by atoms with Crippen molar-refractivity contribution in [1.82, 2.24) is 0 Å². The van der Waals surface area contributed by atoms with Gasteiger partial charge in [0.1, 0.15) is 6.10 Å². The van der Waals surface area contributed by atoms with Gasteiger partial charge in [-0.2, -0.15) is 0 Å². The molecule has 1 rings (SSSR count). The second kappa shape index (κ2) is 2.01. The van der Waals surface area contributed by atoms with Crippen molar-refractivity contribution in [2.45, 2.75) is 32.8 Å². The van der Waals surface area contributed by atoms with Crippen LogP contribution in [0.2, 0.25) is 0 Å². The predicted octanol–water partition coefficient (Wildman–Crippen LogP) is 1.26. The Morgan fingerprint density at radius 3 is 2.89 bits per heavy atom. The standard InChI is InChI=1S/C7H11O2/c1-3-7(2)4-6(7)9-5-8/h6H,3-4H2,1-2H3. The molecule has 0 aromatic heterocycles. The third-order valence-electron chi connectivity index (χ3n) is 2.27. The average Bonchev–Trinajstić information content (AvgIpc) is 2.46. The van der Waals surface area contributed by atoms with Gasteiger partial charge in [0.05, 0.1) is 0 Å². The smallest absolute Gasteiger partial charge is 0.417 e. The number of hydrogen-bond acceptors (Lipinski definition) is 2. The Balaban J connectivity index is 2.29. The van der Waals surface area contributed by atoms with Crippen molar-refractivity contribution in [3.05, 3.63) is 0 Å². The normalized spacial score (nSPS) is 40.0. The molecule has 1 aliphatic carbocycles. The Kier molecular flexibility index (Phi) is 1.47. The minimum Gasteiger partial charge on any atom is -0.453 e. The van der Waals surface area contributed by atoms with Gasteiger partial charge in [-0.25, -0.2) is 4.79 Å². The van der Waals surface area contributed by atoms with Gasteiger partial charge in [-0.3, -0.25) is 0 Å². The molecule has 0 saturated heterocycles. The van der Waals surface area contributed by atoms with Crippen LogP contribution in [-0.4, -0.2) is 12.6 Å². The first-order chi connectivity index (χ1) is 4.23. The molecule has 1 saturated carbocycles. The van der Waals surface area contributed by atoms with E-state index >= 15 is 0 Å². The molecule has 0 aromatic rings. The van der Waals surface area contributed by atoms with E-state index in [2.05, 4.69) is 18.6 Å². The summed E-state index contributed by atoms with van der Waals surface area (Å²) in [4.78, 5) is 9.71. The topological polar surface area (TPSA) is 26.3 Å². The zero-order valence-corrected chi connectivity index (χ0v) is 5.81. The summed E-state index contributed by atoms with van der Waals surface area (Å²) < 4.78 is 4.65. The Bertz CT molecular complexity index is 122. The summed E-state index contributed by atoms with van der Waals surface area (Å²) in [6, 6.07) is 0. The van der Waals surface area contributed by atoms with Crippen molar-refractivity contribution in [1.29, 1.82) is 0 Å². The third kappa shape index (κ3) is 1.07. The zero-order valence-electron chi connectivity index (χ0n) is 5.81. The van der Waals surface area contributed by atoms with Gasteiger partial charge in [-0.1, -0.05) is 13.8 Å². The molecule has 2 nitrogen and oxygen atoms in total. The van der Waals surface area contributed by atoms with Crippen molar-refractivity contribution in [2.75, 3.05) is 0 Å². The Labute approximate surface area is 55.2 Å². The van der Waals surface area contributed by atoms with Crippen LogP contribution in [0.25, 0.3) is 0 Å². The van der Waals surface area contributed by atoms with Crippen LogP contribution in [0.15, 0.2) is 0 Å². The van der Waals surface area contributed by atoms with E-state index in [0.29, 0.717) is 0 Å². The summed E-state index contributed by atoms with van der Waals surface area (Å²) >= 11 is 0. The summed E-state index contributed by atoms with van der Waals surface area (Å²) in [6.07, 6.45) is 2.25. The van der Waals surface area contributed by atoms with Crippen LogP contribution >= 0.6 is 0 Å². The highest BCUT2D eigenvalue weighted by atomic mass is 16.5. The molecule has 0 spiro atoms. The molecule has 0 bridgehead atoms. The molecule has 0 aliphatic heterocycles. The fourth-order valence-electron chi connectivity index (χ4n) is 0.979. The fourth-order valence-corrected chi connectivity index (χ4v) is 0.979. The minimum atomic E-state index is 0.153. The van der Waals surface area contributed by atoms with Crippen LogP contribution in [-0.2, 0) is 9.53 Å². The summed E-state index contributed by atoms with van der Waals surface area (Å²) in [7, 11) is 0. The van der Waals surface area contributed by atoms with Crippen molar-refractivity contribution < 1.29 is 9.53 Å². The molecule has 2 unspecified atom stereocenters. The molecule has 1 fully saturated rings. The highest BCUT2D eigenvalue weighted by Crippen LogP contribution is 2.50. The number of hydrogen-bond donors (Lipinski definition) is 0. The van der Waals surface area contributed by atoms with Gasteiger partial charge in [0, 0.05) is 5.41 Å². The molecular weight excluding hydrogens is 116 g/mol. The number of carbonyl (C=O) groups excluding carboxylic acids is 1. The predicted molar refractivity (Wildman–Crippen MR) is 33.6 cm³/mol. The highest BCUT2D eigenvalue weighted by Gasteiger charge is 2.50. The minimum absolute atomic E-state index is 0.153. The van der Waals surface area contributed by atoms with Crippen molar-refractivity contribution in [3.8, 4) is 0 Å². The molecule has 51 valence electrons. The van der Waals surface area contributed by atoms with Gasteiger partial charge in [0.15, 0.2) is 0 Å². The lowest BCUT2D eigenvalue weighted by Crippen LogP contribution is -2.02. The van der Waals surface area contributed by atoms with Crippen LogP contribution in [0.1, 0.15) is 26.7 Å². The molecule has 9 heavy (non-hydrogen) atoms. The van der Waals surface area contributed by atoms with Crippen molar-refractivity contribution in [2.24, 2.45) is 5.41 Å². The zero-order chi connectivity index (χ0) is 6.91. The molecule has 1 radical (unpaired) electrons. The first-order valence-electron chi connectivity index (χ1n) is 3.26. The molecule has 1 aliphatic rings. The average molecular weight is 127 g/mol. The molecular formula is C7H11O2. The molecule has 0 aromatic carbocycles. The lowest BCUT2D eigenvalue weighted by atomic mass is 10.1. The molecule has 0 N–H and O–H groups in total. The third-order valence-corrected chi connectivity index (χ3v) is 2.27. The van der Waals surface area contributed by atoms with Crippen LogP contribution in [0.4, 0.5) is 0 Å². The Morgan fingerprint density at radius 1 is 1.89 bits per heavy atom. The van der Waals surface area contributed by atoms with E-state index < -0.39 is 0 Å². The van der Waals surface area contributed by atoms with E-state index in [4.69, 9.17) is 0 Å². The van der Waals surface area contributed by atoms with Gasteiger partial charge in [0.2, 0.25) is 0 Å². The number of rotatable bonds is 3. The molecule has 2 heteroatoms. The monoisotopic (exact) mass is 127 g/mol. The van der Waals surface area contributed by atoms with E-state index in [1.807, 2.05) is 0 Å². The molecule has 0 amide bonds. The van der Waals surface area contributed by atoms with E-state index in [-0.39, 0.29) is 11.5 Å². The van der Waals surface area contributed by atoms with Crippen LogP contribution in [0.3, 0.4) is 0 Å². The first kappa shape index (κ1) is 6.59. The fraction of sp³-hybridized carbons (Fsp3) is 0.857. The van der Waals surface area contributed by atoms with Crippen LogP contribution < -0.4 is 0 Å². The quantitative estimate of drug-likeness (QED) is 0.570. The first-order valence-corrected chi connectivity index (χ1v) is 3.26. The lowest BCUT2D eigenvalue weighted by molar-refractivity contribution is 0.220. The van der Waals surface area contributed by atoms with Gasteiger partial charge >= 0.3 is 6.47 Å². The van der Waals surface area contributed by atoms with E-state index in [0.717, 1.165) is 12.8 Å². The van der Waals surface area contributed by atoms with Gasteiger partial charge < -0.3 is 4.74 Å². The van der Waals surface area contributed by atoms with Crippen molar-refractivity contribution in [3.63, 3.8) is 0 Å². The maximum absolute atomic E-state index is 9.71. The molecule has 2 atom stereocenters. The Morgan fingerprint density at radius 2 is 2.56 bits per heavy atom. The highest BCUT2D eigenvalue weighted by molar-refractivity contribution is 5.40. The van der Waals surface area contributed by atoms with Crippen LogP contribution in [0.5, 0.6) is 0 Å². The maximum Gasteiger partial charge on any atom is 0.417 e. The largest absolute Gasteiger partial charge is 0.453 e. The summed E-state index contributed by atoms with van der Waals surface area (Å²) in [6.45, 7) is 5.69. The van der Waals surface area contributed by atoms with Gasteiger partial charge in [0.25, 0.3) is 0 Å². The van der Waals surface area contributed by atoms with Crippen molar-refractivity contribution >= 4 is 6.47 Å². The Hall–Kier alpha value is -0.530. The summed E-state index contributed by atoms with van der Waals surface area (Å²) in [5.74, 6) is 0. The number of ether oxygens (including phenoxy) is 1. The second-order valence-corrected chi connectivity index (χ2v) is 2.90. The van der Waals surface area contributed by atoms with E-state index in [9.17, 15) is 4.79 Å². The van der Waals surface area contributed by atoms with E-state index in [1.54, 1.807) is 0 Å². The summed E-state index contributed by atoms with van der Waals surface area (Å²) in [5, 5.41) is 0. The van der Waals surface area contributed by atoms with Crippen LogP contribution in [0, 0.1) is 5.41 Å². The van der Waals surface area contributed by atoms with Gasteiger partial charge in [-0.05, 0) is 12.8 Å². The SMILES string of the molecule is CCC1(C)CC1O[C]=O. The second-order valence-electron chi connectivity index (χ2n) is 2.90. The maximum atomic E-state index is 9.71. The lowest BCUT2D eigenvalue weighted by Gasteiger charge is -2.02. The van der Waals surface area contributed by atoms with Gasteiger partial charge in [-0.15, -0.1) is 0 Å².